The van der Waals surface area contributed by atoms with Crippen LogP contribution in [0.15, 0.2) is 52.7 Å². The first-order valence-electron chi connectivity index (χ1n) is 6.32. The molecule has 1 aromatic heterocycles. The van der Waals surface area contributed by atoms with E-state index in [1.807, 2.05) is 29.1 Å². The zero-order valence-corrected chi connectivity index (χ0v) is 13.1. The number of halogens is 1. The predicted octanol–water partition coefficient (Wildman–Crippen LogP) is 4.12. The van der Waals surface area contributed by atoms with Crippen LogP contribution in [0.3, 0.4) is 0 Å². The highest BCUT2D eigenvalue weighted by Crippen LogP contribution is 2.27. The Labute approximate surface area is 127 Å². The fourth-order valence-electron chi connectivity index (χ4n) is 1.72. The third kappa shape index (κ3) is 3.17. The maximum absolute atomic E-state index is 5.94. The Morgan fingerprint density at radius 2 is 2.25 bits per heavy atom. The van der Waals surface area contributed by atoms with Crippen LogP contribution in [0.5, 0.6) is 0 Å². The van der Waals surface area contributed by atoms with Crippen LogP contribution >= 0.6 is 15.9 Å². The van der Waals surface area contributed by atoms with Crippen molar-refractivity contribution in [3.63, 3.8) is 0 Å². The van der Waals surface area contributed by atoms with E-state index in [4.69, 9.17) is 5.73 Å². The number of aromatic nitrogens is 2. The molecule has 0 saturated carbocycles. The second-order valence-corrected chi connectivity index (χ2v) is 5.62. The summed E-state index contributed by atoms with van der Waals surface area (Å²) >= 11 is 3.42. The van der Waals surface area contributed by atoms with E-state index in [2.05, 4.69) is 46.4 Å². The lowest BCUT2D eigenvalue weighted by atomic mass is 10.2. The first-order valence-corrected chi connectivity index (χ1v) is 7.11. The summed E-state index contributed by atoms with van der Waals surface area (Å²) in [5.74, 6) is 0. The molecule has 0 fully saturated rings. The molecule has 0 radical (unpaired) electrons. The van der Waals surface area contributed by atoms with Crippen molar-refractivity contribution in [2.24, 2.45) is 4.99 Å². The standard InChI is InChI=1S/C15H17BrN4/c1-4-14(11-8-18-20(9-11)10(2)3)19-15-7-12(16)5-6-13(15)17/h4-10H,1,17H2,2-3H3/b19-14+. The summed E-state index contributed by atoms with van der Waals surface area (Å²) in [5, 5.41) is 4.31. The number of benzene rings is 1. The Bertz CT molecular complexity index is 656. The second-order valence-electron chi connectivity index (χ2n) is 4.71. The third-order valence-electron chi connectivity index (χ3n) is 2.85. The lowest BCUT2D eigenvalue weighted by Crippen LogP contribution is -2.00. The molecule has 0 aliphatic rings. The molecule has 1 aromatic carbocycles. The van der Waals surface area contributed by atoms with E-state index in [1.165, 1.54) is 0 Å². The summed E-state index contributed by atoms with van der Waals surface area (Å²) in [6.07, 6.45) is 5.45. The molecule has 2 N–H and O–H groups in total. The van der Waals surface area contributed by atoms with Gasteiger partial charge in [-0.15, -0.1) is 0 Å². The predicted molar refractivity (Wildman–Crippen MR) is 87.6 cm³/mol. The van der Waals surface area contributed by atoms with Gasteiger partial charge in [0.25, 0.3) is 0 Å². The molecule has 2 aromatic rings. The molecular formula is C15H17BrN4. The van der Waals surface area contributed by atoms with Crippen LogP contribution in [0.2, 0.25) is 0 Å². The highest BCUT2D eigenvalue weighted by molar-refractivity contribution is 9.10. The van der Waals surface area contributed by atoms with Crippen molar-refractivity contribution >= 4 is 33.0 Å². The molecule has 4 nitrogen and oxygen atoms in total. The van der Waals surface area contributed by atoms with Gasteiger partial charge in [0.15, 0.2) is 0 Å². The van der Waals surface area contributed by atoms with Crippen molar-refractivity contribution in [2.75, 3.05) is 5.73 Å². The van der Waals surface area contributed by atoms with Crippen molar-refractivity contribution < 1.29 is 0 Å². The number of aliphatic imine (C=N–C) groups is 1. The van der Waals surface area contributed by atoms with Crippen LogP contribution in [-0.4, -0.2) is 15.5 Å². The van der Waals surface area contributed by atoms with E-state index < -0.39 is 0 Å². The van der Waals surface area contributed by atoms with Gasteiger partial charge in [-0.25, -0.2) is 4.99 Å². The van der Waals surface area contributed by atoms with Gasteiger partial charge in [-0.1, -0.05) is 22.5 Å². The van der Waals surface area contributed by atoms with Crippen molar-refractivity contribution in [3.05, 3.63) is 53.3 Å². The molecule has 0 amide bonds. The Balaban J connectivity index is 2.42. The molecule has 2 rings (SSSR count). The van der Waals surface area contributed by atoms with E-state index in [0.29, 0.717) is 17.4 Å². The number of nitrogen functional groups attached to an aromatic ring is 1. The summed E-state index contributed by atoms with van der Waals surface area (Å²) in [5.41, 5.74) is 8.96. The van der Waals surface area contributed by atoms with Gasteiger partial charge in [0.2, 0.25) is 0 Å². The van der Waals surface area contributed by atoms with Gasteiger partial charge in [0, 0.05) is 22.3 Å². The minimum atomic E-state index is 0.311. The molecular weight excluding hydrogens is 316 g/mol. The molecule has 0 atom stereocenters. The van der Waals surface area contributed by atoms with Gasteiger partial charge in [-0.05, 0) is 38.1 Å². The topological polar surface area (TPSA) is 56.2 Å². The first kappa shape index (κ1) is 14.5. The molecule has 0 unspecified atom stereocenters. The Hall–Kier alpha value is -1.88. The summed E-state index contributed by atoms with van der Waals surface area (Å²) in [6, 6.07) is 5.90. The SMILES string of the molecule is C=C/C(=N\c1cc(Br)ccc1N)c1cnn(C(C)C)c1. The van der Waals surface area contributed by atoms with Crippen molar-refractivity contribution in [3.8, 4) is 0 Å². The van der Waals surface area contributed by atoms with Crippen molar-refractivity contribution in [2.45, 2.75) is 19.9 Å². The molecule has 0 aliphatic carbocycles. The van der Waals surface area contributed by atoms with Gasteiger partial charge >= 0.3 is 0 Å². The highest BCUT2D eigenvalue weighted by atomic mass is 79.9. The van der Waals surface area contributed by atoms with Crippen LogP contribution in [-0.2, 0) is 0 Å². The minimum absolute atomic E-state index is 0.311. The van der Waals surface area contributed by atoms with E-state index in [9.17, 15) is 0 Å². The van der Waals surface area contributed by atoms with Crippen molar-refractivity contribution in [1.82, 2.24) is 9.78 Å². The average molecular weight is 333 g/mol. The van der Waals surface area contributed by atoms with Gasteiger partial charge in [0.1, 0.15) is 0 Å². The minimum Gasteiger partial charge on any atom is -0.397 e. The van der Waals surface area contributed by atoms with Crippen LogP contribution in [0, 0.1) is 0 Å². The van der Waals surface area contributed by atoms with Gasteiger partial charge < -0.3 is 5.73 Å². The number of hydrogen-bond donors (Lipinski definition) is 1. The fourth-order valence-corrected chi connectivity index (χ4v) is 2.07. The quantitative estimate of drug-likeness (QED) is 0.676. The maximum Gasteiger partial charge on any atom is 0.0877 e. The largest absolute Gasteiger partial charge is 0.397 e. The van der Waals surface area contributed by atoms with Crippen LogP contribution in [0.4, 0.5) is 11.4 Å². The summed E-state index contributed by atoms with van der Waals surface area (Å²) < 4.78 is 2.82. The Morgan fingerprint density at radius 3 is 2.85 bits per heavy atom. The summed E-state index contributed by atoms with van der Waals surface area (Å²) in [4.78, 5) is 4.57. The van der Waals surface area contributed by atoms with Crippen molar-refractivity contribution in [1.29, 1.82) is 0 Å². The number of hydrogen-bond acceptors (Lipinski definition) is 3. The lowest BCUT2D eigenvalue weighted by molar-refractivity contribution is 0.532. The number of rotatable bonds is 4. The highest BCUT2D eigenvalue weighted by Gasteiger charge is 2.07. The molecule has 0 saturated heterocycles. The van der Waals surface area contributed by atoms with Gasteiger partial charge in [0.05, 0.1) is 23.3 Å². The number of nitrogens with two attached hydrogens (primary N) is 1. The van der Waals surface area contributed by atoms with Gasteiger partial charge in [-0.3, -0.25) is 4.68 Å². The van der Waals surface area contributed by atoms with E-state index >= 15 is 0 Å². The van der Waals surface area contributed by atoms with Crippen LogP contribution in [0.1, 0.15) is 25.5 Å². The smallest absolute Gasteiger partial charge is 0.0877 e. The van der Waals surface area contributed by atoms with Gasteiger partial charge in [-0.2, -0.15) is 5.10 Å². The van der Waals surface area contributed by atoms with Crippen LogP contribution in [0.25, 0.3) is 0 Å². The first-order chi connectivity index (χ1) is 9.51. The fraction of sp³-hybridized carbons (Fsp3) is 0.200. The van der Waals surface area contributed by atoms with E-state index in [0.717, 1.165) is 15.7 Å². The second kappa shape index (κ2) is 6.05. The summed E-state index contributed by atoms with van der Waals surface area (Å²) in [6.45, 7) is 7.97. The lowest BCUT2D eigenvalue weighted by Gasteiger charge is -2.04. The zero-order chi connectivity index (χ0) is 14.7. The zero-order valence-electron chi connectivity index (χ0n) is 11.5. The van der Waals surface area contributed by atoms with E-state index in [-0.39, 0.29) is 0 Å². The maximum atomic E-state index is 5.94. The molecule has 0 aliphatic heterocycles. The Morgan fingerprint density at radius 1 is 1.50 bits per heavy atom. The molecule has 104 valence electrons. The normalized spacial score (nSPS) is 11.9. The van der Waals surface area contributed by atoms with Crippen LogP contribution < -0.4 is 5.73 Å². The number of allylic oxidation sites excluding steroid dienone is 1. The Kier molecular flexibility index (Phi) is 4.39. The number of nitrogens with zero attached hydrogens (tertiary/aromatic N) is 3. The molecule has 0 spiro atoms. The molecule has 1 heterocycles. The number of anilines is 1. The monoisotopic (exact) mass is 332 g/mol. The molecule has 5 heteroatoms. The molecule has 20 heavy (non-hydrogen) atoms. The molecule has 0 bridgehead atoms. The third-order valence-corrected chi connectivity index (χ3v) is 3.35. The van der Waals surface area contributed by atoms with E-state index in [1.54, 1.807) is 12.3 Å². The average Bonchev–Trinajstić information content (AvgIpc) is 2.89. The summed E-state index contributed by atoms with van der Waals surface area (Å²) in [7, 11) is 0.